The lowest BCUT2D eigenvalue weighted by Gasteiger charge is -1.97. The first-order valence-corrected chi connectivity index (χ1v) is 2.56. The number of hydrogen-bond donors (Lipinski definition) is 2. The van der Waals surface area contributed by atoms with E-state index in [1.54, 1.807) is 6.92 Å². The minimum absolute atomic E-state index is 0.296. The van der Waals surface area contributed by atoms with Gasteiger partial charge in [0.2, 0.25) is 0 Å². The molecule has 0 spiro atoms. The van der Waals surface area contributed by atoms with E-state index in [9.17, 15) is 4.79 Å². The number of nitrogens with two attached hydrogens (primary N) is 1. The maximum Gasteiger partial charge on any atom is 0.328 e. The van der Waals surface area contributed by atoms with Crippen LogP contribution in [0.1, 0.15) is 13.8 Å². The summed E-state index contributed by atoms with van der Waals surface area (Å²) >= 11 is 0. The fraction of sp³-hybridized carbons (Fsp3) is 0.600. The fourth-order valence-corrected chi connectivity index (χ4v) is 0.361. The van der Waals surface area contributed by atoms with Crippen LogP contribution in [0.2, 0.25) is 0 Å². The van der Waals surface area contributed by atoms with Crippen LogP contribution in [0.15, 0.2) is 4.99 Å². The molecule has 4 nitrogen and oxygen atoms in total. The van der Waals surface area contributed by atoms with Gasteiger partial charge < -0.3 is 10.8 Å². The monoisotopic (exact) mass is 130 g/mol. The molecule has 1 unspecified atom stereocenters. The van der Waals surface area contributed by atoms with Crippen molar-refractivity contribution >= 4 is 11.8 Å². The van der Waals surface area contributed by atoms with Crippen molar-refractivity contribution in [2.24, 2.45) is 10.7 Å². The molecule has 0 saturated heterocycles. The van der Waals surface area contributed by atoms with E-state index in [-0.39, 0.29) is 0 Å². The molecule has 4 heteroatoms. The third kappa shape index (κ3) is 3.52. The lowest BCUT2D eigenvalue weighted by atomic mass is 10.4. The lowest BCUT2D eigenvalue weighted by Crippen LogP contribution is -2.18. The molecule has 1 atom stereocenters. The van der Waals surface area contributed by atoms with E-state index >= 15 is 0 Å². The molecular weight excluding hydrogens is 120 g/mol. The summed E-state index contributed by atoms with van der Waals surface area (Å²) in [5.74, 6) is -0.662. The topological polar surface area (TPSA) is 75.7 Å². The summed E-state index contributed by atoms with van der Waals surface area (Å²) in [5, 5.41) is 8.27. The number of rotatable bonds is 2. The van der Waals surface area contributed by atoms with E-state index in [1.807, 2.05) is 0 Å². The van der Waals surface area contributed by atoms with Gasteiger partial charge in [-0.05, 0) is 13.8 Å². The molecule has 52 valence electrons. The van der Waals surface area contributed by atoms with Gasteiger partial charge >= 0.3 is 5.97 Å². The number of carbonyl (C=O) groups is 1. The number of aliphatic imine (C=N–C) groups is 1. The molecule has 3 N–H and O–H groups in total. The van der Waals surface area contributed by atoms with E-state index in [2.05, 4.69) is 4.99 Å². The molecule has 0 bridgehead atoms. The molecule has 0 radical (unpaired) electrons. The number of carboxylic acid groups (broad SMARTS) is 1. The molecule has 0 aliphatic rings. The van der Waals surface area contributed by atoms with Gasteiger partial charge in [-0.15, -0.1) is 0 Å². The predicted molar refractivity (Wildman–Crippen MR) is 34.4 cm³/mol. The third-order valence-electron chi connectivity index (χ3n) is 0.755. The van der Waals surface area contributed by atoms with Gasteiger partial charge in [-0.25, -0.2) is 4.79 Å². The Bertz CT molecular complexity index is 138. The Morgan fingerprint density at radius 2 is 2.22 bits per heavy atom. The van der Waals surface area contributed by atoms with Crippen molar-refractivity contribution < 1.29 is 9.90 Å². The Morgan fingerprint density at radius 3 is 2.33 bits per heavy atom. The van der Waals surface area contributed by atoms with Crippen LogP contribution in [0.4, 0.5) is 0 Å². The van der Waals surface area contributed by atoms with Crippen molar-refractivity contribution in [3.63, 3.8) is 0 Å². The zero-order valence-electron chi connectivity index (χ0n) is 5.46. The van der Waals surface area contributed by atoms with Crippen molar-refractivity contribution in [3.05, 3.63) is 0 Å². The second-order valence-electron chi connectivity index (χ2n) is 1.78. The van der Waals surface area contributed by atoms with E-state index < -0.39 is 12.0 Å². The highest BCUT2D eigenvalue weighted by molar-refractivity contribution is 5.82. The van der Waals surface area contributed by atoms with E-state index in [4.69, 9.17) is 10.8 Å². The molecule has 0 aliphatic heterocycles. The molecule has 0 saturated carbocycles. The Hall–Kier alpha value is -1.06. The standard InChI is InChI=1S/C5H10N2O2/c1-3(5(8)9)7-4(2)6/h3H,1-2H3,(H2,6,7)(H,8,9). The number of amidine groups is 1. The Labute approximate surface area is 53.4 Å². The Morgan fingerprint density at radius 1 is 1.78 bits per heavy atom. The second-order valence-corrected chi connectivity index (χ2v) is 1.78. The third-order valence-corrected chi connectivity index (χ3v) is 0.755. The molecule has 0 heterocycles. The van der Waals surface area contributed by atoms with Gasteiger partial charge in [0, 0.05) is 0 Å². The maximum absolute atomic E-state index is 10.1. The minimum atomic E-state index is -0.959. The van der Waals surface area contributed by atoms with Crippen LogP contribution in [0, 0.1) is 0 Å². The summed E-state index contributed by atoms with van der Waals surface area (Å²) in [5.41, 5.74) is 5.12. The zero-order chi connectivity index (χ0) is 7.44. The quantitative estimate of drug-likeness (QED) is 0.402. The van der Waals surface area contributed by atoms with Crippen LogP contribution in [0.3, 0.4) is 0 Å². The zero-order valence-corrected chi connectivity index (χ0v) is 5.46. The van der Waals surface area contributed by atoms with Gasteiger partial charge in [0.1, 0.15) is 6.04 Å². The summed E-state index contributed by atoms with van der Waals surface area (Å²) in [6.07, 6.45) is 0. The second kappa shape index (κ2) is 3.06. The van der Waals surface area contributed by atoms with Crippen molar-refractivity contribution in [1.29, 1.82) is 0 Å². The highest BCUT2D eigenvalue weighted by Crippen LogP contribution is 1.87. The van der Waals surface area contributed by atoms with Crippen LogP contribution < -0.4 is 5.73 Å². The van der Waals surface area contributed by atoms with Crippen LogP contribution in [-0.4, -0.2) is 23.0 Å². The number of hydrogen-bond acceptors (Lipinski definition) is 2. The van der Waals surface area contributed by atoms with Crippen molar-refractivity contribution in [2.45, 2.75) is 19.9 Å². The molecule has 0 amide bonds. The smallest absolute Gasteiger partial charge is 0.328 e. The predicted octanol–water partition coefficient (Wildman–Crippen LogP) is -0.163. The molecular formula is C5H10N2O2. The van der Waals surface area contributed by atoms with E-state index in [0.717, 1.165) is 0 Å². The molecule has 9 heavy (non-hydrogen) atoms. The van der Waals surface area contributed by atoms with Gasteiger partial charge in [-0.2, -0.15) is 0 Å². The normalized spacial score (nSPS) is 15.1. The van der Waals surface area contributed by atoms with Gasteiger partial charge in [-0.3, -0.25) is 4.99 Å². The highest BCUT2D eigenvalue weighted by Gasteiger charge is 2.06. The first-order valence-electron chi connectivity index (χ1n) is 2.56. The SMILES string of the molecule is CC(N)=NC(C)C(=O)O. The van der Waals surface area contributed by atoms with Crippen LogP contribution in [0.25, 0.3) is 0 Å². The van der Waals surface area contributed by atoms with Crippen LogP contribution in [-0.2, 0) is 4.79 Å². The van der Waals surface area contributed by atoms with Crippen molar-refractivity contribution in [3.8, 4) is 0 Å². The van der Waals surface area contributed by atoms with Crippen molar-refractivity contribution in [2.75, 3.05) is 0 Å². The molecule has 0 rings (SSSR count). The number of nitrogens with zero attached hydrogens (tertiary/aromatic N) is 1. The first kappa shape index (κ1) is 7.94. The summed E-state index contributed by atoms with van der Waals surface area (Å²) in [6, 6.07) is -0.727. The van der Waals surface area contributed by atoms with Gasteiger partial charge in [-0.1, -0.05) is 0 Å². The van der Waals surface area contributed by atoms with Gasteiger partial charge in [0.25, 0.3) is 0 Å². The maximum atomic E-state index is 10.1. The van der Waals surface area contributed by atoms with Gasteiger partial charge in [0.05, 0.1) is 5.84 Å². The molecule has 0 fully saturated rings. The molecule has 0 aliphatic carbocycles. The van der Waals surface area contributed by atoms with E-state index in [0.29, 0.717) is 5.84 Å². The Kier molecular flexibility index (Phi) is 2.70. The molecule has 0 aromatic heterocycles. The summed E-state index contributed by atoms with van der Waals surface area (Å²) in [4.78, 5) is 13.6. The van der Waals surface area contributed by atoms with Gasteiger partial charge in [0.15, 0.2) is 0 Å². The number of aliphatic carboxylic acids is 1. The van der Waals surface area contributed by atoms with Crippen LogP contribution >= 0.6 is 0 Å². The largest absolute Gasteiger partial charge is 0.480 e. The fourth-order valence-electron chi connectivity index (χ4n) is 0.361. The minimum Gasteiger partial charge on any atom is -0.480 e. The summed E-state index contributed by atoms with van der Waals surface area (Å²) in [6.45, 7) is 3.03. The highest BCUT2D eigenvalue weighted by atomic mass is 16.4. The summed E-state index contributed by atoms with van der Waals surface area (Å²) < 4.78 is 0. The van der Waals surface area contributed by atoms with Crippen LogP contribution in [0.5, 0.6) is 0 Å². The average Bonchev–Trinajstić information content (AvgIpc) is 1.63. The Balaban J connectivity index is 3.91. The molecule has 0 aromatic rings. The van der Waals surface area contributed by atoms with Crippen molar-refractivity contribution in [1.82, 2.24) is 0 Å². The molecule has 0 aromatic carbocycles. The summed E-state index contributed by atoms with van der Waals surface area (Å²) in [7, 11) is 0. The lowest BCUT2D eigenvalue weighted by molar-refractivity contribution is -0.137. The van der Waals surface area contributed by atoms with E-state index in [1.165, 1.54) is 6.92 Å². The first-order chi connectivity index (χ1) is 4.04. The number of carboxylic acids is 1. The average molecular weight is 130 g/mol.